The average Bonchev–Trinajstić information content (AvgIpc) is 2.35. The molecule has 17 heavy (non-hydrogen) atoms. The van der Waals surface area contributed by atoms with Crippen molar-refractivity contribution in [3.63, 3.8) is 0 Å². The van der Waals surface area contributed by atoms with Gasteiger partial charge in [0.1, 0.15) is 0 Å². The molecule has 0 saturated heterocycles. The number of aromatic nitrogens is 2. The number of rotatable bonds is 2. The van der Waals surface area contributed by atoms with E-state index in [4.69, 9.17) is 11.0 Å². The first-order valence-electron chi connectivity index (χ1n) is 5.05. The van der Waals surface area contributed by atoms with Gasteiger partial charge in [-0.25, -0.2) is 9.97 Å². The highest BCUT2D eigenvalue weighted by Crippen LogP contribution is 2.22. The van der Waals surface area contributed by atoms with Crippen LogP contribution in [0, 0.1) is 18.3 Å². The lowest BCUT2D eigenvalue weighted by atomic mass is 10.1. The number of aryl methyl sites for hydroxylation is 1. The van der Waals surface area contributed by atoms with E-state index >= 15 is 0 Å². The molecular weight excluding hydrogens is 214 g/mol. The molecule has 0 fully saturated rings. The van der Waals surface area contributed by atoms with Gasteiger partial charge in [0.15, 0.2) is 11.6 Å². The van der Waals surface area contributed by atoms with E-state index < -0.39 is 0 Å². The first-order valence-corrected chi connectivity index (χ1v) is 5.05. The lowest BCUT2D eigenvalue weighted by molar-refractivity contribution is 1.20. The van der Waals surface area contributed by atoms with Gasteiger partial charge in [-0.3, -0.25) is 0 Å². The standard InChI is InChI=1S/C12H11N5/c1-8-2-3-9(7-13)6-10(8)17-12-11(14)15-4-5-16-12/h2-6H,1H3,(H2,14,15)(H,16,17). The van der Waals surface area contributed by atoms with Gasteiger partial charge in [-0.05, 0) is 24.6 Å². The molecule has 0 bridgehead atoms. The molecular formula is C12H11N5. The zero-order chi connectivity index (χ0) is 12.3. The van der Waals surface area contributed by atoms with Crippen LogP contribution in [0.3, 0.4) is 0 Å². The minimum Gasteiger partial charge on any atom is -0.381 e. The molecule has 2 rings (SSSR count). The number of nitrogens with one attached hydrogen (secondary N) is 1. The van der Waals surface area contributed by atoms with E-state index in [1.807, 2.05) is 13.0 Å². The SMILES string of the molecule is Cc1ccc(C#N)cc1Nc1nccnc1N. The summed E-state index contributed by atoms with van der Waals surface area (Å²) in [4.78, 5) is 8.02. The summed E-state index contributed by atoms with van der Waals surface area (Å²) in [5.74, 6) is 0.819. The highest BCUT2D eigenvalue weighted by Gasteiger charge is 2.04. The normalized spacial score (nSPS) is 9.65. The van der Waals surface area contributed by atoms with Crippen LogP contribution in [0.15, 0.2) is 30.6 Å². The molecule has 0 unspecified atom stereocenters. The molecule has 0 aliphatic heterocycles. The Hall–Kier alpha value is -2.61. The Labute approximate surface area is 98.9 Å². The number of nitrogens with two attached hydrogens (primary N) is 1. The van der Waals surface area contributed by atoms with Crippen molar-refractivity contribution in [1.29, 1.82) is 5.26 Å². The number of nitrogens with zero attached hydrogens (tertiary/aromatic N) is 3. The monoisotopic (exact) mass is 225 g/mol. The molecule has 1 heterocycles. The zero-order valence-corrected chi connectivity index (χ0v) is 9.31. The molecule has 0 saturated carbocycles. The van der Waals surface area contributed by atoms with E-state index in [0.717, 1.165) is 11.3 Å². The van der Waals surface area contributed by atoms with Crippen LogP contribution in [0.2, 0.25) is 0 Å². The summed E-state index contributed by atoms with van der Waals surface area (Å²) < 4.78 is 0. The Balaban J connectivity index is 2.37. The minimum absolute atomic E-state index is 0.328. The topological polar surface area (TPSA) is 87.6 Å². The van der Waals surface area contributed by atoms with Gasteiger partial charge >= 0.3 is 0 Å². The summed E-state index contributed by atoms with van der Waals surface area (Å²) in [5, 5.41) is 11.9. The van der Waals surface area contributed by atoms with Crippen molar-refractivity contribution >= 4 is 17.3 Å². The van der Waals surface area contributed by atoms with Crippen LogP contribution in [-0.4, -0.2) is 9.97 Å². The van der Waals surface area contributed by atoms with Crippen molar-refractivity contribution in [1.82, 2.24) is 9.97 Å². The number of nitriles is 1. The largest absolute Gasteiger partial charge is 0.381 e. The lowest BCUT2D eigenvalue weighted by Crippen LogP contribution is -2.02. The van der Waals surface area contributed by atoms with Gasteiger partial charge in [-0.15, -0.1) is 0 Å². The third kappa shape index (κ3) is 2.32. The van der Waals surface area contributed by atoms with Crippen LogP contribution >= 0.6 is 0 Å². The predicted molar refractivity (Wildman–Crippen MR) is 65.6 cm³/mol. The molecule has 0 spiro atoms. The molecule has 0 radical (unpaired) electrons. The smallest absolute Gasteiger partial charge is 0.173 e. The Kier molecular flexibility index (Phi) is 2.88. The van der Waals surface area contributed by atoms with Crippen LogP contribution in [0.5, 0.6) is 0 Å². The Morgan fingerprint density at radius 3 is 2.76 bits per heavy atom. The number of hydrogen-bond donors (Lipinski definition) is 2. The second kappa shape index (κ2) is 4.49. The maximum atomic E-state index is 8.84. The molecule has 0 aliphatic carbocycles. The minimum atomic E-state index is 0.328. The van der Waals surface area contributed by atoms with Crippen molar-refractivity contribution in [2.45, 2.75) is 6.92 Å². The summed E-state index contributed by atoms with van der Waals surface area (Å²) in [6, 6.07) is 7.47. The molecule has 84 valence electrons. The maximum absolute atomic E-state index is 8.84. The highest BCUT2D eigenvalue weighted by atomic mass is 15.1. The maximum Gasteiger partial charge on any atom is 0.173 e. The van der Waals surface area contributed by atoms with Crippen LogP contribution in [0.1, 0.15) is 11.1 Å². The number of nitrogen functional groups attached to an aromatic ring is 1. The van der Waals surface area contributed by atoms with E-state index in [0.29, 0.717) is 17.2 Å². The van der Waals surface area contributed by atoms with Crippen molar-refractivity contribution < 1.29 is 0 Å². The quantitative estimate of drug-likeness (QED) is 0.815. The van der Waals surface area contributed by atoms with E-state index in [-0.39, 0.29) is 0 Å². The van der Waals surface area contributed by atoms with E-state index in [1.165, 1.54) is 6.20 Å². The fraction of sp³-hybridized carbons (Fsp3) is 0.0833. The van der Waals surface area contributed by atoms with E-state index in [9.17, 15) is 0 Å². The number of hydrogen-bond acceptors (Lipinski definition) is 5. The second-order valence-electron chi connectivity index (χ2n) is 3.56. The highest BCUT2D eigenvalue weighted by molar-refractivity contribution is 5.68. The Bertz CT molecular complexity index is 586. The third-order valence-corrected chi connectivity index (χ3v) is 2.35. The van der Waals surface area contributed by atoms with Gasteiger partial charge in [0, 0.05) is 18.1 Å². The lowest BCUT2D eigenvalue weighted by Gasteiger charge is -2.09. The second-order valence-corrected chi connectivity index (χ2v) is 3.56. The summed E-state index contributed by atoms with van der Waals surface area (Å²) in [5.41, 5.74) is 8.08. The zero-order valence-electron chi connectivity index (χ0n) is 9.31. The van der Waals surface area contributed by atoms with E-state index in [2.05, 4.69) is 21.4 Å². The van der Waals surface area contributed by atoms with Gasteiger partial charge in [-0.2, -0.15) is 5.26 Å². The molecule has 1 aromatic carbocycles. The number of benzene rings is 1. The summed E-state index contributed by atoms with van der Waals surface area (Å²) >= 11 is 0. The van der Waals surface area contributed by atoms with Gasteiger partial charge in [0.25, 0.3) is 0 Å². The summed E-state index contributed by atoms with van der Waals surface area (Å²) in [7, 11) is 0. The molecule has 3 N–H and O–H groups in total. The predicted octanol–water partition coefficient (Wildman–Crippen LogP) is 1.98. The van der Waals surface area contributed by atoms with Crippen molar-refractivity contribution in [2.75, 3.05) is 11.1 Å². The molecule has 5 nitrogen and oxygen atoms in total. The van der Waals surface area contributed by atoms with Gasteiger partial charge in [-0.1, -0.05) is 6.07 Å². The third-order valence-electron chi connectivity index (χ3n) is 2.35. The molecule has 2 aromatic rings. The molecule has 0 amide bonds. The molecule has 1 aromatic heterocycles. The first-order chi connectivity index (χ1) is 8.20. The average molecular weight is 225 g/mol. The Morgan fingerprint density at radius 2 is 2.06 bits per heavy atom. The van der Waals surface area contributed by atoms with Crippen LogP contribution in [0.4, 0.5) is 17.3 Å². The fourth-order valence-electron chi connectivity index (χ4n) is 1.40. The Morgan fingerprint density at radius 1 is 1.29 bits per heavy atom. The van der Waals surface area contributed by atoms with Gasteiger partial charge in [0.05, 0.1) is 11.6 Å². The van der Waals surface area contributed by atoms with Crippen molar-refractivity contribution in [2.24, 2.45) is 0 Å². The molecule has 0 atom stereocenters. The fourth-order valence-corrected chi connectivity index (χ4v) is 1.40. The van der Waals surface area contributed by atoms with Gasteiger partial charge in [0.2, 0.25) is 0 Å². The molecule has 0 aliphatic rings. The molecule has 5 heteroatoms. The van der Waals surface area contributed by atoms with Crippen LogP contribution in [0.25, 0.3) is 0 Å². The number of anilines is 3. The van der Waals surface area contributed by atoms with Crippen molar-refractivity contribution in [3.8, 4) is 6.07 Å². The van der Waals surface area contributed by atoms with Gasteiger partial charge < -0.3 is 11.1 Å². The van der Waals surface area contributed by atoms with Crippen LogP contribution < -0.4 is 11.1 Å². The van der Waals surface area contributed by atoms with Crippen LogP contribution in [-0.2, 0) is 0 Å². The van der Waals surface area contributed by atoms with Crippen molar-refractivity contribution in [3.05, 3.63) is 41.7 Å². The summed E-state index contributed by atoms with van der Waals surface area (Å²) in [6.45, 7) is 1.94. The summed E-state index contributed by atoms with van der Waals surface area (Å²) in [6.07, 6.45) is 3.08. The van der Waals surface area contributed by atoms with E-state index in [1.54, 1.807) is 18.3 Å². The first kappa shape index (κ1) is 10.9.